The standard InChI is InChI=1S/C7H4ClIN2/c8-6-4-11(9)7-5(6)2-1-3-10-7/h1-4H. The number of pyridine rings is 1. The molecule has 2 rings (SSSR count). The third kappa shape index (κ3) is 1.12. The zero-order valence-corrected chi connectivity index (χ0v) is 8.37. The van der Waals surface area contributed by atoms with E-state index in [1.165, 1.54) is 0 Å². The highest BCUT2D eigenvalue weighted by atomic mass is 127. The van der Waals surface area contributed by atoms with Crippen LogP contribution in [0.1, 0.15) is 0 Å². The van der Waals surface area contributed by atoms with E-state index in [0.717, 1.165) is 16.1 Å². The van der Waals surface area contributed by atoms with Crippen LogP contribution in [0.4, 0.5) is 0 Å². The minimum atomic E-state index is 0.752. The lowest BCUT2D eigenvalue weighted by Crippen LogP contribution is -1.77. The summed E-state index contributed by atoms with van der Waals surface area (Å²) in [5, 5.41) is 1.76. The predicted octanol–water partition coefficient (Wildman–Crippen LogP) is 2.89. The first kappa shape index (κ1) is 7.36. The summed E-state index contributed by atoms with van der Waals surface area (Å²) in [5.74, 6) is 0. The number of aromatic nitrogens is 2. The summed E-state index contributed by atoms with van der Waals surface area (Å²) < 4.78 is 1.88. The van der Waals surface area contributed by atoms with Gasteiger partial charge in [0, 0.05) is 17.8 Å². The van der Waals surface area contributed by atoms with E-state index in [1.54, 1.807) is 6.20 Å². The maximum atomic E-state index is 5.91. The van der Waals surface area contributed by atoms with Crippen LogP contribution in [0.2, 0.25) is 5.02 Å². The van der Waals surface area contributed by atoms with Crippen LogP contribution in [-0.2, 0) is 0 Å². The van der Waals surface area contributed by atoms with E-state index < -0.39 is 0 Å². The summed E-state index contributed by atoms with van der Waals surface area (Å²) in [4.78, 5) is 4.17. The number of hydrogen-bond acceptors (Lipinski definition) is 1. The van der Waals surface area contributed by atoms with E-state index in [1.807, 2.05) is 21.1 Å². The van der Waals surface area contributed by atoms with Crippen molar-refractivity contribution in [3.8, 4) is 0 Å². The van der Waals surface area contributed by atoms with E-state index in [0.29, 0.717) is 0 Å². The van der Waals surface area contributed by atoms with E-state index in [4.69, 9.17) is 11.6 Å². The summed E-state index contributed by atoms with van der Waals surface area (Å²) in [6.07, 6.45) is 3.60. The smallest absolute Gasteiger partial charge is 0.150 e. The molecule has 0 aromatic carbocycles. The van der Waals surface area contributed by atoms with Crippen molar-refractivity contribution in [2.45, 2.75) is 0 Å². The normalized spacial score (nSPS) is 10.7. The Balaban J connectivity index is 2.95. The number of nitrogens with zero attached hydrogens (tertiary/aromatic N) is 2. The van der Waals surface area contributed by atoms with E-state index in [2.05, 4.69) is 27.8 Å². The molecule has 0 atom stereocenters. The summed E-state index contributed by atoms with van der Waals surface area (Å²) in [6.45, 7) is 0. The average Bonchev–Trinajstić information content (AvgIpc) is 2.30. The molecule has 0 aliphatic rings. The third-order valence-electron chi connectivity index (χ3n) is 1.47. The molecule has 0 radical (unpaired) electrons. The first-order chi connectivity index (χ1) is 5.29. The molecule has 0 amide bonds. The highest BCUT2D eigenvalue weighted by Crippen LogP contribution is 2.24. The van der Waals surface area contributed by atoms with Crippen molar-refractivity contribution >= 4 is 45.5 Å². The molecule has 11 heavy (non-hydrogen) atoms. The lowest BCUT2D eigenvalue weighted by atomic mass is 10.3. The van der Waals surface area contributed by atoms with Gasteiger partial charge in [-0.15, -0.1) is 0 Å². The Morgan fingerprint density at radius 2 is 2.36 bits per heavy atom. The molecule has 4 heteroatoms. The topological polar surface area (TPSA) is 17.8 Å². The van der Waals surface area contributed by atoms with E-state index in [-0.39, 0.29) is 0 Å². The number of hydrogen-bond donors (Lipinski definition) is 0. The Morgan fingerprint density at radius 1 is 1.55 bits per heavy atom. The van der Waals surface area contributed by atoms with Crippen LogP contribution < -0.4 is 0 Å². The van der Waals surface area contributed by atoms with Gasteiger partial charge in [-0.05, 0) is 12.1 Å². The zero-order chi connectivity index (χ0) is 7.84. The average molecular weight is 278 g/mol. The van der Waals surface area contributed by atoms with E-state index >= 15 is 0 Å². The molecule has 56 valence electrons. The van der Waals surface area contributed by atoms with E-state index in [9.17, 15) is 0 Å². The van der Waals surface area contributed by atoms with Crippen molar-refractivity contribution in [2.75, 3.05) is 0 Å². The van der Waals surface area contributed by atoms with Crippen LogP contribution in [0.5, 0.6) is 0 Å². The first-order valence-corrected chi connectivity index (χ1v) is 4.41. The molecule has 0 saturated carbocycles. The lowest BCUT2D eigenvalue weighted by molar-refractivity contribution is 1.30. The fourth-order valence-electron chi connectivity index (χ4n) is 0.984. The molecule has 2 aromatic rings. The number of rotatable bonds is 0. The predicted molar refractivity (Wildman–Crippen MR) is 54.2 cm³/mol. The van der Waals surface area contributed by atoms with Gasteiger partial charge < -0.3 is 0 Å². The largest absolute Gasteiger partial charge is 0.272 e. The molecule has 0 aliphatic heterocycles. The van der Waals surface area contributed by atoms with Gasteiger partial charge in [0.1, 0.15) is 5.65 Å². The molecule has 2 nitrogen and oxygen atoms in total. The second-order valence-electron chi connectivity index (χ2n) is 2.16. The van der Waals surface area contributed by atoms with Crippen molar-refractivity contribution in [1.82, 2.24) is 7.76 Å². The van der Waals surface area contributed by atoms with Gasteiger partial charge in [0.2, 0.25) is 0 Å². The minimum Gasteiger partial charge on any atom is -0.272 e. The van der Waals surface area contributed by atoms with Crippen LogP contribution >= 0.6 is 34.5 Å². The Hall–Kier alpha value is -0.290. The molecule has 0 saturated heterocycles. The maximum absolute atomic E-state index is 5.91. The maximum Gasteiger partial charge on any atom is 0.150 e. The molecule has 0 bridgehead atoms. The molecule has 0 N–H and O–H groups in total. The van der Waals surface area contributed by atoms with Crippen LogP contribution in [0.15, 0.2) is 24.5 Å². The molecular formula is C7H4ClIN2. The molecule has 2 aromatic heterocycles. The zero-order valence-electron chi connectivity index (χ0n) is 5.46. The van der Waals surface area contributed by atoms with Crippen LogP contribution in [0.3, 0.4) is 0 Å². The van der Waals surface area contributed by atoms with Gasteiger partial charge in [-0.25, -0.2) is 4.98 Å². The third-order valence-corrected chi connectivity index (χ3v) is 2.51. The van der Waals surface area contributed by atoms with Gasteiger partial charge in [0.15, 0.2) is 0 Å². The Kier molecular flexibility index (Phi) is 1.77. The van der Waals surface area contributed by atoms with Gasteiger partial charge in [-0.2, -0.15) is 0 Å². The van der Waals surface area contributed by atoms with Crippen LogP contribution in [0.25, 0.3) is 11.0 Å². The minimum absolute atomic E-state index is 0.752. The van der Waals surface area contributed by atoms with Gasteiger partial charge in [0.05, 0.1) is 27.9 Å². The first-order valence-electron chi connectivity index (χ1n) is 3.07. The van der Waals surface area contributed by atoms with Gasteiger partial charge >= 0.3 is 0 Å². The van der Waals surface area contributed by atoms with Crippen molar-refractivity contribution in [3.05, 3.63) is 29.5 Å². The van der Waals surface area contributed by atoms with Gasteiger partial charge in [-0.1, -0.05) is 11.6 Å². The summed E-state index contributed by atoms with van der Waals surface area (Å²) in [7, 11) is 0. The van der Waals surface area contributed by atoms with Gasteiger partial charge in [-0.3, -0.25) is 2.78 Å². The number of fused-ring (bicyclic) bond motifs is 1. The van der Waals surface area contributed by atoms with Gasteiger partial charge in [0.25, 0.3) is 0 Å². The summed E-state index contributed by atoms with van der Waals surface area (Å²) in [6, 6.07) is 3.84. The quantitative estimate of drug-likeness (QED) is 0.678. The van der Waals surface area contributed by atoms with Crippen molar-refractivity contribution < 1.29 is 0 Å². The molecule has 0 aliphatic carbocycles. The Bertz CT molecular complexity index is 360. The SMILES string of the molecule is Clc1cn(I)c2ncccc12. The monoisotopic (exact) mass is 278 g/mol. The van der Waals surface area contributed by atoms with Crippen molar-refractivity contribution in [3.63, 3.8) is 0 Å². The molecule has 0 fully saturated rings. The molecule has 2 heterocycles. The molecule has 0 unspecified atom stereocenters. The summed E-state index contributed by atoms with van der Waals surface area (Å²) >= 11 is 8.06. The highest BCUT2D eigenvalue weighted by Gasteiger charge is 2.03. The Morgan fingerprint density at radius 3 is 3.09 bits per heavy atom. The summed E-state index contributed by atoms with van der Waals surface area (Å²) in [5.41, 5.74) is 0.915. The lowest BCUT2D eigenvalue weighted by Gasteiger charge is -1.89. The highest BCUT2D eigenvalue weighted by molar-refractivity contribution is 14.1. The fourth-order valence-corrected chi connectivity index (χ4v) is 2.06. The number of halogens is 2. The van der Waals surface area contributed by atoms with Crippen LogP contribution in [-0.4, -0.2) is 7.76 Å². The Labute approximate surface area is 82.7 Å². The second kappa shape index (κ2) is 2.64. The van der Waals surface area contributed by atoms with Crippen molar-refractivity contribution in [1.29, 1.82) is 0 Å². The second-order valence-corrected chi connectivity index (χ2v) is 3.61. The van der Waals surface area contributed by atoms with Crippen LogP contribution in [0, 0.1) is 0 Å². The molecule has 0 spiro atoms. The fraction of sp³-hybridized carbons (Fsp3) is 0. The molecular weight excluding hydrogens is 274 g/mol. The van der Waals surface area contributed by atoms with Crippen molar-refractivity contribution in [2.24, 2.45) is 0 Å².